The second-order valence-corrected chi connectivity index (χ2v) is 6.14. The monoisotopic (exact) mass is 361 g/mol. The number of halogens is 1. The maximum atomic E-state index is 11.8. The van der Waals surface area contributed by atoms with Gasteiger partial charge in [-0.25, -0.2) is 4.79 Å². The molecule has 0 aliphatic heterocycles. The third-order valence-corrected chi connectivity index (χ3v) is 3.87. The molecule has 0 saturated carbocycles. The Morgan fingerprint density at radius 3 is 2.40 bits per heavy atom. The number of nitrogens with one attached hydrogen (secondary N) is 1. The predicted molar refractivity (Wildman–Crippen MR) is 97.2 cm³/mol. The van der Waals surface area contributed by atoms with E-state index in [4.69, 9.17) is 21.1 Å². The summed E-state index contributed by atoms with van der Waals surface area (Å²) < 4.78 is 10.3. The fourth-order valence-corrected chi connectivity index (χ4v) is 2.34. The first-order valence-corrected chi connectivity index (χ1v) is 8.14. The molecule has 0 saturated heterocycles. The fraction of sp³-hybridized carbons (Fsp3) is 0.263. The van der Waals surface area contributed by atoms with Gasteiger partial charge in [0.15, 0.2) is 13.2 Å². The molecule has 0 aliphatic carbocycles. The molecule has 0 spiro atoms. The van der Waals surface area contributed by atoms with Crippen molar-refractivity contribution < 1.29 is 19.1 Å². The number of esters is 1. The third-order valence-electron chi connectivity index (χ3n) is 3.64. The van der Waals surface area contributed by atoms with Gasteiger partial charge in [-0.05, 0) is 67.8 Å². The number of anilines is 1. The molecule has 2 aromatic carbocycles. The summed E-state index contributed by atoms with van der Waals surface area (Å²) in [4.78, 5) is 23.5. The van der Waals surface area contributed by atoms with Gasteiger partial charge in [0, 0.05) is 10.7 Å². The second kappa shape index (κ2) is 8.53. The average Bonchev–Trinajstić information content (AvgIpc) is 2.55. The lowest BCUT2D eigenvalue weighted by Crippen LogP contribution is -2.23. The van der Waals surface area contributed by atoms with Crippen molar-refractivity contribution in [3.8, 4) is 5.75 Å². The molecule has 6 heteroatoms. The van der Waals surface area contributed by atoms with Crippen LogP contribution in [0, 0.1) is 20.8 Å². The van der Waals surface area contributed by atoms with Crippen LogP contribution in [0.3, 0.4) is 0 Å². The maximum Gasteiger partial charge on any atom is 0.344 e. The molecule has 0 aliphatic rings. The summed E-state index contributed by atoms with van der Waals surface area (Å²) in [5.41, 5.74) is 3.69. The summed E-state index contributed by atoms with van der Waals surface area (Å²) >= 11 is 5.86. The Labute approximate surface area is 151 Å². The van der Waals surface area contributed by atoms with Gasteiger partial charge in [-0.3, -0.25) is 4.79 Å². The molecule has 0 bridgehead atoms. The maximum absolute atomic E-state index is 11.8. The highest BCUT2D eigenvalue weighted by molar-refractivity contribution is 6.30. The Morgan fingerprint density at radius 1 is 0.960 bits per heavy atom. The summed E-state index contributed by atoms with van der Waals surface area (Å²) in [6.45, 7) is 5.13. The van der Waals surface area contributed by atoms with Crippen LogP contribution in [0.25, 0.3) is 0 Å². The van der Waals surface area contributed by atoms with Crippen molar-refractivity contribution in [1.82, 2.24) is 0 Å². The van der Waals surface area contributed by atoms with Gasteiger partial charge in [0.05, 0.1) is 0 Å². The van der Waals surface area contributed by atoms with Crippen LogP contribution in [0.1, 0.15) is 16.7 Å². The molecular weight excluding hydrogens is 342 g/mol. The van der Waals surface area contributed by atoms with E-state index in [2.05, 4.69) is 5.32 Å². The number of carbonyl (C=O) groups excluding carboxylic acids is 2. The number of amides is 1. The minimum atomic E-state index is -0.621. The Morgan fingerprint density at radius 2 is 1.72 bits per heavy atom. The average molecular weight is 362 g/mol. The number of hydrogen-bond donors (Lipinski definition) is 1. The minimum Gasteiger partial charge on any atom is -0.482 e. The van der Waals surface area contributed by atoms with Gasteiger partial charge < -0.3 is 14.8 Å². The Hall–Kier alpha value is -2.53. The van der Waals surface area contributed by atoms with E-state index in [1.807, 2.05) is 32.9 Å². The van der Waals surface area contributed by atoms with Crippen molar-refractivity contribution >= 4 is 29.2 Å². The van der Waals surface area contributed by atoms with Crippen LogP contribution in [0.15, 0.2) is 36.4 Å². The SMILES string of the molecule is Cc1ccc(NC(=O)COC(=O)COc2ccc(Cl)cc2C)cc1C. The van der Waals surface area contributed by atoms with Crippen LogP contribution in [0.2, 0.25) is 5.02 Å². The van der Waals surface area contributed by atoms with E-state index in [0.717, 1.165) is 16.7 Å². The standard InChI is InChI=1S/C19H20ClNO4/c1-12-4-6-16(9-13(12)2)21-18(22)10-25-19(23)11-24-17-7-5-15(20)8-14(17)3/h4-9H,10-11H2,1-3H3,(H,21,22). The summed E-state index contributed by atoms with van der Waals surface area (Å²) in [5, 5.41) is 3.28. The highest BCUT2D eigenvalue weighted by Gasteiger charge is 2.10. The third kappa shape index (κ3) is 5.80. The molecule has 2 aromatic rings. The molecule has 132 valence electrons. The van der Waals surface area contributed by atoms with E-state index in [1.54, 1.807) is 24.3 Å². The normalized spacial score (nSPS) is 10.2. The molecule has 0 fully saturated rings. The molecule has 1 N–H and O–H groups in total. The van der Waals surface area contributed by atoms with E-state index in [9.17, 15) is 9.59 Å². The number of carbonyl (C=O) groups is 2. The zero-order valence-electron chi connectivity index (χ0n) is 14.4. The van der Waals surface area contributed by atoms with Crippen molar-refractivity contribution in [3.63, 3.8) is 0 Å². The van der Waals surface area contributed by atoms with Crippen molar-refractivity contribution in [1.29, 1.82) is 0 Å². The van der Waals surface area contributed by atoms with Crippen LogP contribution in [0.5, 0.6) is 5.75 Å². The summed E-state index contributed by atoms with van der Waals surface area (Å²) in [7, 11) is 0. The van der Waals surface area contributed by atoms with Gasteiger partial charge >= 0.3 is 5.97 Å². The van der Waals surface area contributed by atoms with Crippen molar-refractivity contribution in [2.45, 2.75) is 20.8 Å². The van der Waals surface area contributed by atoms with Gasteiger partial charge in [0.2, 0.25) is 0 Å². The summed E-state index contributed by atoms with van der Waals surface area (Å²) in [5.74, 6) is -0.482. The van der Waals surface area contributed by atoms with Gasteiger partial charge in [0.1, 0.15) is 5.75 Å². The van der Waals surface area contributed by atoms with Crippen molar-refractivity contribution in [3.05, 3.63) is 58.1 Å². The number of aryl methyl sites for hydroxylation is 3. The number of ether oxygens (including phenoxy) is 2. The first kappa shape index (κ1) is 18.8. The van der Waals surface area contributed by atoms with Crippen LogP contribution in [0.4, 0.5) is 5.69 Å². The molecule has 0 atom stereocenters. The largest absolute Gasteiger partial charge is 0.482 e. The lowest BCUT2D eigenvalue weighted by Gasteiger charge is -2.10. The van der Waals surface area contributed by atoms with E-state index in [1.165, 1.54) is 0 Å². The van der Waals surface area contributed by atoms with Crippen LogP contribution >= 0.6 is 11.6 Å². The topological polar surface area (TPSA) is 64.6 Å². The molecule has 1 amide bonds. The lowest BCUT2D eigenvalue weighted by molar-refractivity contribution is -0.149. The van der Waals surface area contributed by atoms with Gasteiger partial charge in [0.25, 0.3) is 5.91 Å². The van der Waals surface area contributed by atoms with Crippen LogP contribution in [-0.2, 0) is 14.3 Å². The predicted octanol–water partition coefficient (Wildman–Crippen LogP) is 3.83. The molecule has 2 rings (SSSR count). The summed E-state index contributed by atoms with van der Waals surface area (Å²) in [6.07, 6.45) is 0. The highest BCUT2D eigenvalue weighted by atomic mass is 35.5. The minimum absolute atomic E-state index is 0.278. The van der Waals surface area contributed by atoms with E-state index in [-0.39, 0.29) is 13.2 Å². The zero-order valence-corrected chi connectivity index (χ0v) is 15.1. The van der Waals surface area contributed by atoms with Gasteiger partial charge in [-0.15, -0.1) is 0 Å². The first-order valence-electron chi connectivity index (χ1n) is 7.77. The second-order valence-electron chi connectivity index (χ2n) is 5.71. The van der Waals surface area contributed by atoms with Crippen molar-refractivity contribution in [2.75, 3.05) is 18.5 Å². The van der Waals surface area contributed by atoms with Gasteiger partial charge in [-0.2, -0.15) is 0 Å². The van der Waals surface area contributed by atoms with E-state index in [0.29, 0.717) is 16.5 Å². The Kier molecular flexibility index (Phi) is 6.42. The molecule has 5 nitrogen and oxygen atoms in total. The molecular formula is C19H20ClNO4. The van der Waals surface area contributed by atoms with E-state index >= 15 is 0 Å². The molecule has 0 radical (unpaired) electrons. The Balaban J connectivity index is 1.77. The molecule has 0 unspecified atom stereocenters. The fourth-order valence-electron chi connectivity index (χ4n) is 2.12. The molecule has 0 heterocycles. The van der Waals surface area contributed by atoms with Crippen LogP contribution in [-0.4, -0.2) is 25.1 Å². The lowest BCUT2D eigenvalue weighted by atomic mass is 10.1. The van der Waals surface area contributed by atoms with Gasteiger partial charge in [-0.1, -0.05) is 17.7 Å². The number of rotatable bonds is 6. The molecule has 25 heavy (non-hydrogen) atoms. The summed E-state index contributed by atoms with van der Waals surface area (Å²) in [6, 6.07) is 10.7. The zero-order chi connectivity index (χ0) is 18.4. The number of hydrogen-bond acceptors (Lipinski definition) is 4. The first-order chi connectivity index (χ1) is 11.8. The smallest absolute Gasteiger partial charge is 0.344 e. The molecule has 0 aromatic heterocycles. The van der Waals surface area contributed by atoms with E-state index < -0.39 is 11.9 Å². The quantitative estimate of drug-likeness (QED) is 0.794. The van der Waals surface area contributed by atoms with Crippen molar-refractivity contribution in [2.24, 2.45) is 0 Å². The van der Waals surface area contributed by atoms with Crippen LogP contribution < -0.4 is 10.1 Å². The highest BCUT2D eigenvalue weighted by Crippen LogP contribution is 2.21. The Bertz CT molecular complexity index is 789. The number of benzene rings is 2.